The summed E-state index contributed by atoms with van der Waals surface area (Å²) in [5.74, 6) is -1.94. The molecule has 2 saturated carbocycles. The van der Waals surface area contributed by atoms with Crippen molar-refractivity contribution >= 4 is 17.7 Å². The van der Waals surface area contributed by atoms with Gasteiger partial charge in [-0.1, -0.05) is 6.42 Å². The van der Waals surface area contributed by atoms with E-state index in [2.05, 4.69) is 0 Å². The van der Waals surface area contributed by atoms with E-state index in [1.165, 1.54) is 14.2 Å². The van der Waals surface area contributed by atoms with Crippen molar-refractivity contribution in [3.63, 3.8) is 0 Å². The van der Waals surface area contributed by atoms with Crippen molar-refractivity contribution < 1.29 is 29.0 Å². The van der Waals surface area contributed by atoms with Crippen LogP contribution in [0.4, 0.5) is 0 Å². The number of rotatable bonds is 5. The first kappa shape index (κ1) is 18.3. The molecule has 0 radical (unpaired) electrons. The van der Waals surface area contributed by atoms with E-state index in [0.29, 0.717) is 32.2 Å². The van der Waals surface area contributed by atoms with Crippen molar-refractivity contribution in [1.82, 2.24) is 4.90 Å². The van der Waals surface area contributed by atoms with Crippen molar-refractivity contribution in [2.24, 2.45) is 16.7 Å². The Kier molecular flexibility index (Phi) is 4.66. The largest absolute Gasteiger partial charge is 0.480 e. The van der Waals surface area contributed by atoms with Gasteiger partial charge in [0.1, 0.15) is 5.78 Å². The van der Waals surface area contributed by atoms with Crippen LogP contribution < -0.4 is 0 Å². The average molecular weight is 353 g/mol. The summed E-state index contributed by atoms with van der Waals surface area (Å²) < 4.78 is 11.0. The highest BCUT2D eigenvalue weighted by Gasteiger charge is 2.72. The molecule has 1 amide bonds. The smallest absolute Gasteiger partial charge is 0.319 e. The molecule has 1 saturated heterocycles. The summed E-state index contributed by atoms with van der Waals surface area (Å²) in [6.45, 7) is 2.26. The van der Waals surface area contributed by atoms with Crippen LogP contribution in [0.1, 0.15) is 45.4 Å². The summed E-state index contributed by atoms with van der Waals surface area (Å²) in [7, 11) is 2.96. The first-order valence-corrected chi connectivity index (χ1v) is 9.00. The predicted octanol–water partition coefficient (Wildman–Crippen LogP) is 1.45. The van der Waals surface area contributed by atoms with Crippen molar-refractivity contribution in [3.05, 3.63) is 0 Å². The first-order valence-electron chi connectivity index (χ1n) is 9.00. The Bertz CT molecular complexity index is 588. The molecule has 140 valence electrons. The number of carbonyl (C=O) groups is 3. The first-order chi connectivity index (χ1) is 11.9. The minimum absolute atomic E-state index is 0.139. The number of likely N-dealkylation sites (tertiary alicyclic amines) is 1. The van der Waals surface area contributed by atoms with Crippen LogP contribution >= 0.6 is 0 Å². The topological polar surface area (TPSA) is 93.1 Å². The molecular formula is C18H27NO6. The third-order valence-corrected chi connectivity index (χ3v) is 6.80. The zero-order valence-corrected chi connectivity index (χ0v) is 15.1. The molecule has 7 nitrogen and oxygen atoms in total. The minimum atomic E-state index is -1.54. The number of aliphatic carboxylic acids is 1. The van der Waals surface area contributed by atoms with Gasteiger partial charge in [0.25, 0.3) is 0 Å². The fourth-order valence-corrected chi connectivity index (χ4v) is 5.84. The third-order valence-electron chi connectivity index (χ3n) is 6.80. The lowest BCUT2D eigenvalue weighted by Gasteiger charge is -2.64. The van der Waals surface area contributed by atoms with Gasteiger partial charge in [0.2, 0.25) is 5.91 Å². The fraction of sp³-hybridized carbons (Fsp3) is 0.833. The minimum Gasteiger partial charge on any atom is -0.480 e. The third kappa shape index (κ3) is 2.28. The molecule has 0 aromatic carbocycles. The van der Waals surface area contributed by atoms with Crippen LogP contribution in [0, 0.1) is 16.7 Å². The number of carboxylic acid groups (broad SMARTS) is 1. The standard InChI is InChI=1S/C18H27NO6/c1-4-19-12-10-11(20)6-9-17(12)7-5-8-18(15(19)21,16(22)23)13(17)14(24-2)25-3/h12-14H,4-10H2,1-3H3,(H,22,23)/t12-,13+,17+,18+/m1/s1. The molecule has 0 aromatic rings. The van der Waals surface area contributed by atoms with E-state index >= 15 is 0 Å². The summed E-state index contributed by atoms with van der Waals surface area (Å²) in [5, 5.41) is 10.1. The molecule has 2 bridgehead atoms. The van der Waals surface area contributed by atoms with Gasteiger partial charge in [-0.25, -0.2) is 0 Å². The molecule has 3 aliphatic rings. The molecule has 3 fully saturated rings. The SMILES string of the molecule is CCN1C(=O)[C@]2(C(=O)O)CCC[C@@]3(CCC(=O)C[C@@H]13)[C@@H]2C(OC)OC. The van der Waals surface area contributed by atoms with Crippen LogP contribution in [-0.4, -0.2) is 60.8 Å². The number of amides is 1. The van der Waals surface area contributed by atoms with Crippen molar-refractivity contribution in [1.29, 1.82) is 0 Å². The van der Waals surface area contributed by atoms with Crippen molar-refractivity contribution in [2.45, 2.75) is 57.8 Å². The number of fused-ring (bicyclic) bond motifs is 1. The molecule has 1 heterocycles. The molecule has 7 heteroatoms. The van der Waals surface area contributed by atoms with Gasteiger partial charge in [-0.15, -0.1) is 0 Å². The van der Waals surface area contributed by atoms with Gasteiger partial charge in [-0.3, -0.25) is 14.4 Å². The Hall–Kier alpha value is -1.47. The van der Waals surface area contributed by atoms with Gasteiger partial charge in [0.15, 0.2) is 11.7 Å². The average Bonchev–Trinajstić information content (AvgIpc) is 2.59. The Morgan fingerprint density at radius 3 is 2.52 bits per heavy atom. The van der Waals surface area contributed by atoms with E-state index in [1.54, 1.807) is 4.90 Å². The van der Waals surface area contributed by atoms with E-state index in [-0.39, 0.29) is 24.2 Å². The summed E-state index contributed by atoms with van der Waals surface area (Å²) in [5.41, 5.74) is -1.99. The van der Waals surface area contributed by atoms with Crippen LogP contribution in [0.15, 0.2) is 0 Å². The lowest BCUT2D eigenvalue weighted by molar-refractivity contribution is -0.255. The fourth-order valence-electron chi connectivity index (χ4n) is 5.84. The summed E-state index contributed by atoms with van der Waals surface area (Å²) >= 11 is 0. The lowest BCUT2D eigenvalue weighted by atomic mass is 9.45. The molecular weight excluding hydrogens is 326 g/mol. The van der Waals surface area contributed by atoms with Crippen LogP contribution in [0.3, 0.4) is 0 Å². The number of piperidine rings is 1. The number of methoxy groups -OCH3 is 2. The second-order valence-corrected chi connectivity index (χ2v) is 7.53. The number of ketones is 1. The van der Waals surface area contributed by atoms with Crippen molar-refractivity contribution in [3.8, 4) is 0 Å². The second kappa shape index (κ2) is 6.36. The maximum absolute atomic E-state index is 13.4. The molecule has 4 atom stereocenters. The normalized spacial score (nSPS) is 38.0. The number of nitrogens with zero attached hydrogens (tertiary/aromatic N) is 1. The van der Waals surface area contributed by atoms with E-state index in [0.717, 1.165) is 6.42 Å². The molecule has 1 spiro atoms. The van der Waals surface area contributed by atoms with Gasteiger partial charge < -0.3 is 19.5 Å². The van der Waals surface area contributed by atoms with Crippen LogP contribution in [0.5, 0.6) is 0 Å². The molecule has 2 aliphatic carbocycles. The van der Waals surface area contributed by atoms with Gasteiger partial charge >= 0.3 is 5.97 Å². The summed E-state index contributed by atoms with van der Waals surface area (Å²) in [6.07, 6.45) is 2.27. The number of Topliss-reactive ketones (excluding diaryl/α,β-unsaturated/α-hetero) is 1. The Labute approximate surface area is 147 Å². The Balaban J connectivity index is 2.23. The highest BCUT2D eigenvalue weighted by atomic mass is 16.7. The molecule has 25 heavy (non-hydrogen) atoms. The predicted molar refractivity (Wildman–Crippen MR) is 87.7 cm³/mol. The molecule has 3 rings (SSSR count). The molecule has 1 aliphatic heterocycles. The number of carbonyl (C=O) groups excluding carboxylic acids is 2. The molecule has 0 unspecified atom stereocenters. The van der Waals surface area contributed by atoms with E-state index in [4.69, 9.17) is 9.47 Å². The maximum atomic E-state index is 13.4. The van der Waals surface area contributed by atoms with E-state index < -0.39 is 29.0 Å². The van der Waals surface area contributed by atoms with Gasteiger partial charge in [-0.2, -0.15) is 0 Å². The number of hydrogen-bond acceptors (Lipinski definition) is 5. The van der Waals surface area contributed by atoms with Crippen LogP contribution in [0.25, 0.3) is 0 Å². The van der Waals surface area contributed by atoms with Gasteiger partial charge in [-0.05, 0) is 26.2 Å². The Morgan fingerprint density at radius 1 is 1.28 bits per heavy atom. The number of ether oxygens (including phenoxy) is 2. The summed E-state index contributed by atoms with van der Waals surface area (Å²) in [4.78, 5) is 39.6. The van der Waals surface area contributed by atoms with E-state index in [1.807, 2.05) is 6.92 Å². The maximum Gasteiger partial charge on any atom is 0.319 e. The van der Waals surface area contributed by atoms with Gasteiger partial charge in [0.05, 0.1) is 0 Å². The lowest BCUT2D eigenvalue weighted by Crippen LogP contribution is -2.74. The van der Waals surface area contributed by atoms with Crippen LogP contribution in [0.2, 0.25) is 0 Å². The van der Waals surface area contributed by atoms with Crippen molar-refractivity contribution in [2.75, 3.05) is 20.8 Å². The number of hydrogen-bond donors (Lipinski definition) is 1. The van der Waals surface area contributed by atoms with Gasteiger partial charge in [0, 0.05) is 51.0 Å². The molecule has 1 N–H and O–H groups in total. The van der Waals surface area contributed by atoms with E-state index in [9.17, 15) is 19.5 Å². The quantitative estimate of drug-likeness (QED) is 0.594. The zero-order chi connectivity index (χ0) is 18.4. The second-order valence-electron chi connectivity index (χ2n) is 7.53. The van der Waals surface area contributed by atoms with Crippen LogP contribution in [-0.2, 0) is 23.9 Å². The highest BCUT2D eigenvalue weighted by Crippen LogP contribution is 2.64. The monoisotopic (exact) mass is 353 g/mol. The number of carboxylic acids is 1. The highest BCUT2D eigenvalue weighted by molar-refractivity contribution is 6.04. The molecule has 0 aromatic heterocycles. The summed E-state index contributed by atoms with van der Waals surface area (Å²) in [6, 6.07) is -0.267. The Morgan fingerprint density at radius 2 is 1.96 bits per heavy atom. The zero-order valence-electron chi connectivity index (χ0n) is 15.1.